The molecular weight excluding hydrogens is 484 g/mol. The second kappa shape index (κ2) is 13.2. The predicted molar refractivity (Wildman–Crippen MR) is 137 cm³/mol. The van der Waals surface area contributed by atoms with Gasteiger partial charge in [0, 0.05) is 18.8 Å². The molecule has 4 unspecified atom stereocenters. The van der Waals surface area contributed by atoms with Gasteiger partial charge in [-0.05, 0) is 32.1 Å². The first kappa shape index (κ1) is 28.1. The van der Waals surface area contributed by atoms with Gasteiger partial charge >= 0.3 is 0 Å². The highest BCUT2D eigenvalue weighted by atomic mass is 32.2. The summed E-state index contributed by atoms with van der Waals surface area (Å²) in [5, 5.41) is 8.25. The van der Waals surface area contributed by atoms with E-state index in [1.165, 1.54) is 11.8 Å². The lowest BCUT2D eigenvalue weighted by molar-refractivity contribution is -0.133. The molecule has 0 spiro atoms. The van der Waals surface area contributed by atoms with Crippen LogP contribution in [0, 0.1) is 0 Å². The van der Waals surface area contributed by atoms with Crippen molar-refractivity contribution in [1.29, 1.82) is 0 Å². The summed E-state index contributed by atoms with van der Waals surface area (Å²) in [7, 11) is 0. The van der Waals surface area contributed by atoms with E-state index in [9.17, 15) is 19.2 Å². The number of hydrogen-bond acceptors (Lipinski definition) is 8. The zero-order chi connectivity index (χ0) is 26.1. The highest BCUT2D eigenvalue weighted by Crippen LogP contribution is 2.29. The van der Waals surface area contributed by atoms with Gasteiger partial charge in [0.2, 0.25) is 17.7 Å². The molecule has 0 radical (unpaired) electrons. The van der Waals surface area contributed by atoms with Gasteiger partial charge in [-0.15, -0.1) is 0 Å². The second-order valence-electron chi connectivity index (χ2n) is 9.33. The average molecular weight is 521 g/mol. The Balaban J connectivity index is 1.58. The van der Waals surface area contributed by atoms with E-state index in [1.807, 2.05) is 41.5 Å². The quantitative estimate of drug-likeness (QED) is 0.304. The number of benzene rings is 1. The molecule has 2 aliphatic heterocycles. The second-order valence-corrected chi connectivity index (χ2v) is 10.2. The normalized spacial score (nSPS) is 22.1. The van der Waals surface area contributed by atoms with Crippen LogP contribution < -0.4 is 16.0 Å². The molecule has 11 heteroatoms. The molecule has 198 valence electrons. The van der Waals surface area contributed by atoms with Gasteiger partial charge in [0.25, 0.3) is 0 Å². The number of epoxide rings is 1. The van der Waals surface area contributed by atoms with Gasteiger partial charge in [0.15, 0.2) is 5.78 Å². The van der Waals surface area contributed by atoms with Crippen molar-refractivity contribution in [2.75, 3.05) is 51.5 Å². The van der Waals surface area contributed by atoms with Gasteiger partial charge in [-0.1, -0.05) is 30.3 Å². The van der Waals surface area contributed by atoms with Crippen molar-refractivity contribution in [3.63, 3.8) is 0 Å². The zero-order valence-corrected chi connectivity index (χ0v) is 21.9. The Bertz CT molecular complexity index is 920. The molecule has 0 bridgehead atoms. The van der Waals surface area contributed by atoms with Crippen LogP contribution in [0.5, 0.6) is 0 Å². The van der Waals surface area contributed by atoms with E-state index in [0.717, 1.165) is 5.56 Å². The van der Waals surface area contributed by atoms with Crippen molar-refractivity contribution in [3.8, 4) is 0 Å². The van der Waals surface area contributed by atoms with Crippen molar-refractivity contribution in [1.82, 2.24) is 20.9 Å². The topological polar surface area (TPSA) is 129 Å². The van der Waals surface area contributed by atoms with Crippen LogP contribution in [-0.4, -0.2) is 104 Å². The maximum absolute atomic E-state index is 13.2. The third kappa shape index (κ3) is 8.29. The number of carbonyl (C=O) groups excluding carboxylic acids is 4. The van der Waals surface area contributed by atoms with Crippen LogP contribution in [0.4, 0.5) is 0 Å². The summed E-state index contributed by atoms with van der Waals surface area (Å²) in [5.74, 6) is -1.08. The first-order valence-corrected chi connectivity index (χ1v) is 13.5. The number of nitrogens with one attached hydrogen (secondary N) is 3. The fraction of sp³-hybridized carbons (Fsp3) is 0.600. The van der Waals surface area contributed by atoms with Gasteiger partial charge < -0.3 is 25.4 Å². The molecular formula is C25H36N4O6S. The van der Waals surface area contributed by atoms with E-state index in [0.29, 0.717) is 45.1 Å². The Labute approximate surface area is 216 Å². The van der Waals surface area contributed by atoms with Crippen LogP contribution in [0.2, 0.25) is 0 Å². The molecule has 3 amide bonds. The number of amides is 3. The molecule has 0 aliphatic carbocycles. The first-order valence-electron chi connectivity index (χ1n) is 12.1. The fourth-order valence-electron chi connectivity index (χ4n) is 3.91. The summed E-state index contributed by atoms with van der Waals surface area (Å²) < 4.78 is 10.6. The maximum atomic E-state index is 13.2. The van der Waals surface area contributed by atoms with Crippen molar-refractivity contribution in [2.24, 2.45) is 0 Å². The molecule has 3 N–H and O–H groups in total. The average Bonchev–Trinajstić information content (AvgIpc) is 3.62. The molecule has 10 nitrogen and oxygen atoms in total. The SMILES string of the molecule is CSCC(NC(=O)C(C)NC(=O)CN1CCOCC1)C(=O)NC(Cc1ccccc1)C(=O)C1(C)CO1. The van der Waals surface area contributed by atoms with Crippen molar-refractivity contribution >= 4 is 35.3 Å². The Morgan fingerprint density at radius 2 is 1.67 bits per heavy atom. The fourth-order valence-corrected chi connectivity index (χ4v) is 4.48. The third-order valence-electron chi connectivity index (χ3n) is 6.22. The number of hydrogen-bond donors (Lipinski definition) is 3. The lowest BCUT2D eigenvalue weighted by Gasteiger charge is -2.27. The molecule has 0 saturated carbocycles. The highest BCUT2D eigenvalue weighted by Gasteiger charge is 2.50. The minimum Gasteiger partial charge on any atom is -0.379 e. The van der Waals surface area contributed by atoms with Crippen LogP contribution in [0.3, 0.4) is 0 Å². The third-order valence-corrected chi connectivity index (χ3v) is 6.89. The minimum atomic E-state index is -0.899. The van der Waals surface area contributed by atoms with Crippen LogP contribution in [-0.2, 0) is 35.1 Å². The molecule has 36 heavy (non-hydrogen) atoms. The van der Waals surface area contributed by atoms with E-state index in [2.05, 4.69) is 16.0 Å². The van der Waals surface area contributed by atoms with Gasteiger partial charge in [-0.25, -0.2) is 0 Å². The molecule has 1 aromatic rings. The van der Waals surface area contributed by atoms with Gasteiger partial charge in [-0.2, -0.15) is 11.8 Å². The number of morpholine rings is 1. The Kier molecular flexibility index (Phi) is 10.3. The van der Waals surface area contributed by atoms with E-state index in [4.69, 9.17) is 9.47 Å². The maximum Gasteiger partial charge on any atom is 0.244 e. The molecule has 2 aliphatic rings. The number of Topliss-reactive ketones (excluding diaryl/α,β-unsaturated/α-hetero) is 1. The summed E-state index contributed by atoms with van der Waals surface area (Å²) >= 11 is 1.40. The van der Waals surface area contributed by atoms with Gasteiger partial charge in [-0.3, -0.25) is 24.1 Å². The van der Waals surface area contributed by atoms with E-state index >= 15 is 0 Å². The van der Waals surface area contributed by atoms with Gasteiger partial charge in [0.1, 0.15) is 17.7 Å². The zero-order valence-electron chi connectivity index (χ0n) is 21.1. The van der Waals surface area contributed by atoms with Crippen molar-refractivity contribution in [3.05, 3.63) is 35.9 Å². The van der Waals surface area contributed by atoms with Crippen LogP contribution >= 0.6 is 11.8 Å². The van der Waals surface area contributed by atoms with Crippen molar-refractivity contribution in [2.45, 2.75) is 44.0 Å². The summed E-state index contributed by atoms with van der Waals surface area (Å²) in [5.41, 5.74) is 0.00649. The number of rotatable bonds is 13. The number of thioether (sulfide) groups is 1. The first-order chi connectivity index (χ1) is 17.2. The lowest BCUT2D eigenvalue weighted by Crippen LogP contribution is -2.57. The summed E-state index contributed by atoms with van der Waals surface area (Å²) in [6, 6.07) is 6.94. The number of carbonyl (C=O) groups is 4. The van der Waals surface area contributed by atoms with Gasteiger partial charge in [0.05, 0.1) is 32.4 Å². The lowest BCUT2D eigenvalue weighted by atomic mass is 9.94. The number of ether oxygens (including phenoxy) is 2. The molecule has 4 atom stereocenters. The molecule has 3 rings (SSSR count). The van der Waals surface area contributed by atoms with E-state index < -0.39 is 35.5 Å². The Morgan fingerprint density at radius 3 is 2.28 bits per heavy atom. The summed E-state index contributed by atoms with van der Waals surface area (Å²) in [4.78, 5) is 53.4. The summed E-state index contributed by atoms with van der Waals surface area (Å²) in [6.45, 7) is 6.27. The standard InChI is InChI=1S/C25H36N4O6S/c1-17(26-21(30)14-29-9-11-34-12-10-29)23(32)28-20(15-36-3)24(33)27-19(22(31)25(2)16-35-25)13-18-7-5-4-6-8-18/h4-8,17,19-20H,9-16H2,1-3H3,(H,26,30)(H,27,33)(H,28,32). The van der Waals surface area contributed by atoms with E-state index in [-0.39, 0.29) is 18.2 Å². The Morgan fingerprint density at radius 1 is 1.03 bits per heavy atom. The predicted octanol–water partition coefficient (Wildman–Crippen LogP) is -0.243. The van der Waals surface area contributed by atoms with Crippen LogP contribution in [0.1, 0.15) is 19.4 Å². The monoisotopic (exact) mass is 520 g/mol. The molecule has 2 fully saturated rings. The van der Waals surface area contributed by atoms with Crippen molar-refractivity contribution < 1.29 is 28.7 Å². The largest absolute Gasteiger partial charge is 0.379 e. The van der Waals surface area contributed by atoms with Crippen LogP contribution in [0.15, 0.2) is 30.3 Å². The molecule has 2 saturated heterocycles. The molecule has 0 aromatic heterocycles. The number of ketones is 1. The minimum absolute atomic E-state index is 0.180. The number of nitrogens with zero attached hydrogens (tertiary/aromatic N) is 1. The smallest absolute Gasteiger partial charge is 0.244 e. The van der Waals surface area contributed by atoms with Crippen LogP contribution in [0.25, 0.3) is 0 Å². The molecule has 2 heterocycles. The molecule has 1 aromatic carbocycles. The summed E-state index contributed by atoms with van der Waals surface area (Å²) in [6.07, 6.45) is 2.14. The Hall–Kier alpha value is -2.47. The van der Waals surface area contributed by atoms with E-state index in [1.54, 1.807) is 13.8 Å². The highest BCUT2D eigenvalue weighted by molar-refractivity contribution is 7.98.